The molecule has 9 nitrogen and oxygen atoms in total. The summed E-state index contributed by atoms with van der Waals surface area (Å²) >= 11 is 6.43. The molecule has 1 aliphatic rings. The van der Waals surface area contributed by atoms with E-state index in [1.807, 2.05) is 25.1 Å². The number of nitrogens with one attached hydrogen (secondary N) is 1. The summed E-state index contributed by atoms with van der Waals surface area (Å²) in [5.74, 6) is 1.000. The largest absolute Gasteiger partial charge is 0.491 e. The lowest BCUT2D eigenvalue weighted by molar-refractivity contribution is 0.301. The Balaban J connectivity index is 1.50. The lowest BCUT2D eigenvalue weighted by Gasteiger charge is -2.12. The lowest BCUT2D eigenvalue weighted by atomic mass is 9.98. The van der Waals surface area contributed by atoms with Gasteiger partial charge in [0.15, 0.2) is 5.75 Å². The molecule has 1 aliphatic heterocycles. The van der Waals surface area contributed by atoms with Crippen LogP contribution in [0.15, 0.2) is 47.6 Å². The summed E-state index contributed by atoms with van der Waals surface area (Å²) in [4.78, 5) is 12.7. The zero-order chi connectivity index (χ0) is 25.0. The van der Waals surface area contributed by atoms with Crippen LogP contribution in [0.2, 0.25) is 5.02 Å². The summed E-state index contributed by atoms with van der Waals surface area (Å²) in [7, 11) is -3.47. The van der Waals surface area contributed by atoms with Crippen LogP contribution < -0.4 is 14.2 Å². The number of hydrogen-bond acceptors (Lipinski definition) is 8. The lowest BCUT2D eigenvalue weighted by Crippen LogP contribution is -2.13. The first-order chi connectivity index (χ1) is 16.8. The first-order valence-electron chi connectivity index (χ1n) is 10.7. The van der Waals surface area contributed by atoms with Crippen LogP contribution >= 0.6 is 11.6 Å². The number of aliphatic imine (C=N–C) groups is 1. The molecular weight excluding hydrogens is 490 g/mol. The highest BCUT2D eigenvalue weighted by Gasteiger charge is 2.21. The Morgan fingerprint density at radius 1 is 1.20 bits per heavy atom. The molecule has 3 aromatic rings. The number of rotatable bonds is 9. The Kier molecular flexibility index (Phi) is 7.19. The third-order valence-corrected chi connectivity index (χ3v) is 5.84. The average Bonchev–Trinajstić information content (AvgIpc) is 3.24. The monoisotopic (exact) mass is 511 g/mol. The Bertz CT molecular complexity index is 1450. The molecule has 0 amide bonds. The topological polar surface area (TPSA) is 127 Å². The van der Waals surface area contributed by atoms with Gasteiger partial charge in [0, 0.05) is 17.3 Å². The molecule has 0 atom stereocenters. The van der Waals surface area contributed by atoms with E-state index in [2.05, 4.69) is 25.8 Å². The third-order valence-electron chi connectivity index (χ3n) is 5.00. The summed E-state index contributed by atoms with van der Waals surface area (Å²) in [5, 5.41) is 9.95. The normalized spacial score (nSPS) is 12.5. The van der Waals surface area contributed by atoms with Crippen molar-refractivity contribution in [1.82, 2.24) is 9.97 Å². The third kappa shape index (κ3) is 5.88. The van der Waals surface area contributed by atoms with Gasteiger partial charge in [0.1, 0.15) is 18.4 Å². The van der Waals surface area contributed by atoms with Crippen molar-refractivity contribution in [3.63, 3.8) is 0 Å². The van der Waals surface area contributed by atoms with E-state index < -0.39 is 10.0 Å². The number of fused-ring (bicyclic) bond motifs is 1. The molecule has 1 N–H and O–H groups in total. The molecule has 2 aromatic carbocycles. The maximum atomic E-state index is 11.4. The van der Waals surface area contributed by atoms with Crippen molar-refractivity contribution in [2.45, 2.75) is 26.5 Å². The summed E-state index contributed by atoms with van der Waals surface area (Å²) < 4.78 is 36.5. The van der Waals surface area contributed by atoms with E-state index in [1.54, 1.807) is 18.2 Å². The number of ether oxygens (including phenoxy) is 2. The number of anilines is 1. The fraction of sp³-hybridized carbons (Fsp3) is 0.250. The van der Waals surface area contributed by atoms with E-state index in [-0.39, 0.29) is 12.6 Å². The minimum Gasteiger partial charge on any atom is -0.491 e. The molecule has 0 unspecified atom stereocenters. The fourth-order valence-electron chi connectivity index (χ4n) is 3.53. The highest BCUT2D eigenvalue weighted by molar-refractivity contribution is 7.91. The van der Waals surface area contributed by atoms with Crippen molar-refractivity contribution in [2.24, 2.45) is 4.99 Å². The Labute approximate surface area is 208 Å². The second kappa shape index (κ2) is 10.3. The van der Waals surface area contributed by atoms with Crippen LogP contribution in [-0.2, 0) is 23.2 Å². The van der Waals surface area contributed by atoms with Crippen molar-refractivity contribution in [1.29, 1.82) is 5.26 Å². The molecule has 0 saturated carbocycles. The molecule has 0 radical (unpaired) electrons. The van der Waals surface area contributed by atoms with Crippen LogP contribution in [-0.4, -0.2) is 37.0 Å². The Morgan fingerprint density at radius 2 is 2.03 bits per heavy atom. The highest BCUT2D eigenvalue weighted by atomic mass is 35.5. The molecule has 4 rings (SSSR count). The van der Waals surface area contributed by atoms with Gasteiger partial charge in [-0.15, -0.1) is 0 Å². The van der Waals surface area contributed by atoms with E-state index in [9.17, 15) is 13.7 Å². The van der Waals surface area contributed by atoms with Gasteiger partial charge >= 0.3 is 0 Å². The molecule has 0 bridgehead atoms. The van der Waals surface area contributed by atoms with E-state index in [4.69, 9.17) is 21.1 Å². The summed E-state index contributed by atoms with van der Waals surface area (Å²) in [6, 6.07) is 12.9. The number of hydrogen-bond donors (Lipinski definition) is 1. The molecule has 35 heavy (non-hydrogen) atoms. The van der Waals surface area contributed by atoms with Crippen LogP contribution in [0, 0.1) is 11.3 Å². The minimum atomic E-state index is -3.47. The van der Waals surface area contributed by atoms with Crippen molar-refractivity contribution >= 4 is 33.3 Å². The Hall–Kier alpha value is -3.68. The molecule has 2 heterocycles. The van der Waals surface area contributed by atoms with Gasteiger partial charge in [-0.3, -0.25) is 9.71 Å². The molecule has 0 fully saturated rings. The van der Waals surface area contributed by atoms with E-state index in [0.717, 1.165) is 35.1 Å². The summed E-state index contributed by atoms with van der Waals surface area (Å²) in [6.45, 7) is 3.06. The minimum absolute atomic E-state index is 0.0119. The number of nitrogens with zero attached hydrogens (tertiary/aromatic N) is 4. The highest BCUT2D eigenvalue weighted by Crippen LogP contribution is 2.34. The first-order valence-corrected chi connectivity index (χ1v) is 13.0. The van der Waals surface area contributed by atoms with Crippen molar-refractivity contribution in [3.05, 3.63) is 75.6 Å². The van der Waals surface area contributed by atoms with Gasteiger partial charge in [-0.05, 0) is 48.4 Å². The molecule has 0 saturated heterocycles. The molecule has 1 aromatic heterocycles. The second-order valence-corrected chi connectivity index (χ2v) is 9.97. The van der Waals surface area contributed by atoms with Crippen molar-refractivity contribution in [3.8, 4) is 17.6 Å². The van der Waals surface area contributed by atoms with E-state index >= 15 is 0 Å². The predicted molar refractivity (Wildman–Crippen MR) is 133 cm³/mol. The molecule has 0 spiro atoms. The quantitative estimate of drug-likeness (QED) is 0.458. The zero-order valence-corrected chi connectivity index (χ0v) is 20.7. The van der Waals surface area contributed by atoms with Gasteiger partial charge in [-0.25, -0.2) is 18.4 Å². The van der Waals surface area contributed by atoms with Gasteiger partial charge in [0.2, 0.25) is 16.0 Å². The van der Waals surface area contributed by atoms with Crippen LogP contribution in [0.25, 0.3) is 0 Å². The number of aromatic nitrogens is 2. The SMILES string of the molecule is CCCOc1c(Cl)cc(C2=NCc3cc(OCc4ccnc(NS(C)(=O)=O)n4)ccc32)cc1C#N. The second-order valence-electron chi connectivity index (χ2n) is 7.81. The molecule has 11 heteroatoms. The van der Waals surface area contributed by atoms with Gasteiger partial charge in [0.05, 0.1) is 41.4 Å². The van der Waals surface area contributed by atoms with Gasteiger partial charge in [0.25, 0.3) is 0 Å². The van der Waals surface area contributed by atoms with E-state index in [1.165, 1.54) is 6.20 Å². The number of sulfonamides is 1. The van der Waals surface area contributed by atoms with Crippen LogP contribution in [0.1, 0.15) is 41.3 Å². The van der Waals surface area contributed by atoms with Crippen molar-refractivity contribution < 1.29 is 17.9 Å². The zero-order valence-electron chi connectivity index (χ0n) is 19.1. The first kappa shape index (κ1) is 24.4. The maximum Gasteiger partial charge on any atom is 0.236 e. The van der Waals surface area contributed by atoms with E-state index in [0.29, 0.717) is 40.9 Å². The maximum absolute atomic E-state index is 11.4. The van der Waals surface area contributed by atoms with Gasteiger partial charge in [-0.2, -0.15) is 5.26 Å². The summed E-state index contributed by atoms with van der Waals surface area (Å²) in [6.07, 6.45) is 3.30. The number of nitriles is 1. The van der Waals surface area contributed by atoms with Gasteiger partial charge < -0.3 is 9.47 Å². The van der Waals surface area contributed by atoms with Crippen molar-refractivity contribution in [2.75, 3.05) is 17.6 Å². The Morgan fingerprint density at radius 3 is 2.77 bits per heavy atom. The fourth-order valence-corrected chi connectivity index (χ4v) is 4.23. The average molecular weight is 512 g/mol. The van der Waals surface area contributed by atoms with Gasteiger partial charge in [-0.1, -0.05) is 18.5 Å². The van der Waals surface area contributed by atoms with Crippen LogP contribution in [0.4, 0.5) is 5.95 Å². The van der Waals surface area contributed by atoms with Crippen LogP contribution in [0.3, 0.4) is 0 Å². The molecule has 0 aliphatic carbocycles. The number of benzene rings is 2. The van der Waals surface area contributed by atoms with Crippen LogP contribution in [0.5, 0.6) is 11.5 Å². The standard InChI is InChI=1S/C24H22ClN5O4S/c1-3-8-33-23-16(12-26)9-15(11-21(23)25)22-20-5-4-19(10-17(20)13-28-22)34-14-18-6-7-27-24(29-18)30-35(2,31)32/h4-7,9-11H,3,8,13-14H2,1-2H3,(H,27,29,30). The number of halogens is 1. The molecular formula is C24H22ClN5O4S. The summed E-state index contributed by atoms with van der Waals surface area (Å²) in [5.41, 5.74) is 4.29. The smallest absolute Gasteiger partial charge is 0.236 e. The predicted octanol–water partition coefficient (Wildman–Crippen LogP) is 4.09. The molecule has 180 valence electrons.